The molecule has 0 spiro atoms. The molecular formula is C25H33N3O3S. The molecule has 0 aliphatic heterocycles. The second-order valence-corrected chi connectivity index (χ2v) is 7.25. The number of hydrogen-bond donors (Lipinski definition) is 3. The van der Waals surface area contributed by atoms with Crippen LogP contribution in [-0.2, 0) is 16.1 Å². The Morgan fingerprint density at radius 1 is 1.03 bits per heavy atom. The second kappa shape index (κ2) is 13.6. The van der Waals surface area contributed by atoms with E-state index < -0.39 is 23.9 Å². The van der Waals surface area contributed by atoms with Gasteiger partial charge in [0.1, 0.15) is 6.04 Å². The molecule has 5 N–H and O–H groups in total. The molecule has 1 aliphatic carbocycles. The molecule has 2 aromatic carbocycles. The predicted octanol–water partition coefficient (Wildman–Crippen LogP) is 2.84. The van der Waals surface area contributed by atoms with E-state index in [-0.39, 0.29) is 13.5 Å². The Balaban J connectivity index is 0.00000166. The fraction of sp³-hybridized carbons (Fsp3) is 0.360. The van der Waals surface area contributed by atoms with Crippen molar-refractivity contribution in [1.82, 2.24) is 5.32 Å². The Labute approximate surface area is 197 Å². The Kier molecular flexibility index (Phi) is 11.6. The summed E-state index contributed by atoms with van der Waals surface area (Å²) in [4.78, 5) is 23.6. The zero-order chi connectivity index (χ0) is 22.8. The van der Waals surface area contributed by atoms with Gasteiger partial charge in [-0.15, -0.1) is 0 Å². The van der Waals surface area contributed by atoms with Crippen molar-refractivity contribution in [3.05, 3.63) is 70.8 Å². The number of ether oxygens (including phenoxy) is 1. The maximum Gasteiger partial charge on any atom is 0.251 e. The molecule has 0 bridgehead atoms. The molecule has 172 valence electrons. The Bertz CT molecular complexity index is 928. The van der Waals surface area contributed by atoms with Gasteiger partial charge in [0.2, 0.25) is 5.91 Å². The van der Waals surface area contributed by atoms with Crippen LogP contribution in [0.4, 0.5) is 0 Å². The van der Waals surface area contributed by atoms with Gasteiger partial charge in [-0.3, -0.25) is 9.59 Å². The molecule has 1 aliphatic rings. The van der Waals surface area contributed by atoms with Gasteiger partial charge in [0, 0.05) is 22.7 Å². The summed E-state index contributed by atoms with van der Waals surface area (Å²) in [6, 6.07) is 13.3. The van der Waals surface area contributed by atoms with Crippen LogP contribution in [0.15, 0.2) is 48.5 Å². The van der Waals surface area contributed by atoms with Crippen LogP contribution >= 0.6 is 13.5 Å². The standard InChI is InChI=1S/C23H25N3O3.C2H6.H2S/c1-15(24)21(22(25)27)26-23(28)19-10-8-17(9-11-19)3-2-16-4-6-18(7-5-16)14-29-20-12-13-20;1-2;/h4-11,15,20-21H,12-14,24H2,1H3,(H2,25,27)(H,26,28);1-2H3;1H2. The van der Waals surface area contributed by atoms with Crippen molar-refractivity contribution in [1.29, 1.82) is 0 Å². The van der Waals surface area contributed by atoms with E-state index >= 15 is 0 Å². The average molecular weight is 456 g/mol. The number of hydrogen-bond acceptors (Lipinski definition) is 4. The number of rotatable bonds is 7. The third kappa shape index (κ3) is 8.75. The molecule has 6 nitrogen and oxygen atoms in total. The third-order valence-corrected chi connectivity index (χ3v) is 4.58. The average Bonchev–Trinajstić information content (AvgIpc) is 3.61. The molecule has 2 atom stereocenters. The maximum atomic E-state index is 12.3. The molecule has 1 saturated carbocycles. The van der Waals surface area contributed by atoms with E-state index in [2.05, 4.69) is 17.2 Å². The molecule has 1 fully saturated rings. The summed E-state index contributed by atoms with van der Waals surface area (Å²) in [6.07, 6.45) is 2.78. The van der Waals surface area contributed by atoms with Gasteiger partial charge in [-0.25, -0.2) is 0 Å². The fourth-order valence-corrected chi connectivity index (χ4v) is 2.67. The zero-order valence-electron chi connectivity index (χ0n) is 18.9. The normalized spacial score (nSPS) is 13.8. The summed E-state index contributed by atoms with van der Waals surface area (Å²) < 4.78 is 5.69. The minimum absolute atomic E-state index is 0. The van der Waals surface area contributed by atoms with Crippen LogP contribution in [0.25, 0.3) is 0 Å². The molecule has 3 rings (SSSR count). The predicted molar refractivity (Wildman–Crippen MR) is 133 cm³/mol. The van der Waals surface area contributed by atoms with Crippen LogP contribution in [0.2, 0.25) is 0 Å². The SMILES string of the molecule is CC.CC(N)C(NC(=O)c1ccc(C#Cc2ccc(COC3CC3)cc2)cc1)C(N)=O.S. The zero-order valence-corrected chi connectivity index (χ0v) is 19.9. The summed E-state index contributed by atoms with van der Waals surface area (Å²) in [6.45, 7) is 6.25. The number of nitrogens with one attached hydrogen (secondary N) is 1. The number of nitrogens with two attached hydrogens (primary N) is 2. The van der Waals surface area contributed by atoms with Gasteiger partial charge < -0.3 is 21.5 Å². The van der Waals surface area contributed by atoms with E-state index in [9.17, 15) is 9.59 Å². The molecule has 2 amide bonds. The van der Waals surface area contributed by atoms with Crippen LogP contribution in [0.1, 0.15) is 60.7 Å². The first-order valence-electron chi connectivity index (χ1n) is 10.6. The van der Waals surface area contributed by atoms with Gasteiger partial charge in [-0.05, 0) is 61.7 Å². The monoisotopic (exact) mass is 455 g/mol. The van der Waals surface area contributed by atoms with Gasteiger partial charge in [-0.1, -0.05) is 37.8 Å². The largest absolute Gasteiger partial charge is 0.374 e. The van der Waals surface area contributed by atoms with Gasteiger partial charge in [-0.2, -0.15) is 13.5 Å². The highest BCUT2D eigenvalue weighted by molar-refractivity contribution is 7.59. The Hall–Kier alpha value is -2.79. The first-order valence-corrected chi connectivity index (χ1v) is 10.6. The highest BCUT2D eigenvalue weighted by Gasteiger charge is 2.23. The lowest BCUT2D eigenvalue weighted by atomic mass is 10.1. The molecule has 2 aromatic rings. The lowest BCUT2D eigenvalue weighted by Crippen LogP contribution is -2.53. The van der Waals surface area contributed by atoms with Gasteiger partial charge in [0.15, 0.2) is 0 Å². The minimum Gasteiger partial charge on any atom is -0.374 e. The molecular weight excluding hydrogens is 422 g/mol. The van der Waals surface area contributed by atoms with E-state index in [0.29, 0.717) is 18.3 Å². The summed E-state index contributed by atoms with van der Waals surface area (Å²) >= 11 is 0. The maximum absolute atomic E-state index is 12.3. The smallest absolute Gasteiger partial charge is 0.251 e. The molecule has 0 saturated heterocycles. The summed E-state index contributed by atoms with van der Waals surface area (Å²) in [5, 5.41) is 2.55. The fourth-order valence-electron chi connectivity index (χ4n) is 2.67. The lowest BCUT2D eigenvalue weighted by Gasteiger charge is -2.18. The van der Waals surface area contributed by atoms with Gasteiger partial charge in [0.05, 0.1) is 12.7 Å². The Morgan fingerprint density at radius 3 is 1.97 bits per heavy atom. The second-order valence-electron chi connectivity index (χ2n) is 7.25. The first-order chi connectivity index (χ1) is 14.9. The van der Waals surface area contributed by atoms with Crippen LogP contribution in [0.3, 0.4) is 0 Å². The summed E-state index contributed by atoms with van der Waals surface area (Å²) in [5.74, 6) is 5.11. The van der Waals surface area contributed by atoms with E-state index in [0.717, 1.165) is 16.7 Å². The highest BCUT2D eigenvalue weighted by atomic mass is 32.1. The minimum atomic E-state index is -0.917. The van der Waals surface area contributed by atoms with E-state index in [1.54, 1.807) is 31.2 Å². The van der Waals surface area contributed by atoms with E-state index in [1.165, 1.54) is 12.8 Å². The van der Waals surface area contributed by atoms with Gasteiger partial charge in [0.25, 0.3) is 5.91 Å². The number of carbonyl (C=O) groups is 2. The molecule has 0 radical (unpaired) electrons. The van der Waals surface area contributed by atoms with Crippen molar-refractivity contribution < 1.29 is 14.3 Å². The molecule has 7 heteroatoms. The Morgan fingerprint density at radius 2 is 1.53 bits per heavy atom. The van der Waals surface area contributed by atoms with Crippen molar-refractivity contribution in [2.75, 3.05) is 0 Å². The topological polar surface area (TPSA) is 107 Å². The molecule has 32 heavy (non-hydrogen) atoms. The number of carbonyl (C=O) groups excluding carboxylic acids is 2. The molecule has 0 aromatic heterocycles. The van der Waals surface area contributed by atoms with Crippen LogP contribution in [0.5, 0.6) is 0 Å². The highest BCUT2D eigenvalue weighted by Crippen LogP contribution is 2.24. The lowest BCUT2D eigenvalue weighted by molar-refractivity contribution is -0.120. The van der Waals surface area contributed by atoms with Gasteiger partial charge >= 0.3 is 0 Å². The third-order valence-electron chi connectivity index (χ3n) is 4.58. The van der Waals surface area contributed by atoms with Crippen molar-refractivity contribution >= 4 is 25.3 Å². The van der Waals surface area contributed by atoms with E-state index in [1.807, 2.05) is 38.1 Å². The number of primary amides is 1. The van der Waals surface area contributed by atoms with Crippen molar-refractivity contribution in [2.24, 2.45) is 11.5 Å². The van der Waals surface area contributed by atoms with Crippen LogP contribution in [0, 0.1) is 11.8 Å². The molecule has 0 heterocycles. The summed E-state index contributed by atoms with van der Waals surface area (Å²) in [7, 11) is 0. The number of amides is 2. The summed E-state index contributed by atoms with van der Waals surface area (Å²) in [5.41, 5.74) is 14.2. The van der Waals surface area contributed by atoms with Crippen molar-refractivity contribution in [2.45, 2.75) is 58.4 Å². The number of benzene rings is 2. The first kappa shape index (κ1) is 27.2. The van der Waals surface area contributed by atoms with Crippen LogP contribution < -0.4 is 16.8 Å². The van der Waals surface area contributed by atoms with Crippen molar-refractivity contribution in [3.63, 3.8) is 0 Å². The van der Waals surface area contributed by atoms with Crippen molar-refractivity contribution in [3.8, 4) is 11.8 Å². The van der Waals surface area contributed by atoms with Crippen LogP contribution in [-0.4, -0.2) is 30.0 Å². The van der Waals surface area contributed by atoms with E-state index in [4.69, 9.17) is 16.2 Å². The quantitative estimate of drug-likeness (QED) is 0.558. The molecule has 2 unspecified atom stereocenters.